The lowest BCUT2D eigenvalue weighted by Crippen LogP contribution is -2.53. The molecule has 1 aliphatic rings. The Morgan fingerprint density at radius 3 is 2.33 bits per heavy atom. The summed E-state index contributed by atoms with van der Waals surface area (Å²) in [5, 5.41) is 3.37. The van der Waals surface area contributed by atoms with Gasteiger partial charge in [-0.1, -0.05) is 12.8 Å². The largest absolute Gasteiger partial charge is 0.468 e. The van der Waals surface area contributed by atoms with Gasteiger partial charge in [0.15, 0.2) is 0 Å². The molecule has 4 heteroatoms. The summed E-state index contributed by atoms with van der Waals surface area (Å²) < 4.78 is 4.97. The molecule has 124 valence electrons. The molecular weight excluding hydrogens is 264 g/mol. The second kappa shape index (κ2) is 9.42. The molecule has 1 heterocycles. The Bertz CT molecular complexity index is 299. The van der Waals surface area contributed by atoms with Crippen molar-refractivity contribution in [1.29, 1.82) is 0 Å². The van der Waals surface area contributed by atoms with E-state index in [0.717, 1.165) is 19.3 Å². The molecular formula is C17H34N2O2. The van der Waals surface area contributed by atoms with E-state index < -0.39 is 5.54 Å². The van der Waals surface area contributed by atoms with Crippen LogP contribution in [0.5, 0.6) is 0 Å². The normalized spacial score (nSPS) is 20.0. The molecule has 0 aliphatic carbocycles. The number of likely N-dealkylation sites (tertiary alicyclic amines) is 1. The third kappa shape index (κ3) is 6.79. The van der Waals surface area contributed by atoms with Crippen molar-refractivity contribution < 1.29 is 9.53 Å². The molecule has 0 radical (unpaired) electrons. The minimum Gasteiger partial charge on any atom is -0.468 e. The predicted octanol–water partition coefficient (Wildman–Crippen LogP) is 2.96. The molecule has 1 saturated heterocycles. The van der Waals surface area contributed by atoms with Crippen LogP contribution in [0.3, 0.4) is 0 Å². The van der Waals surface area contributed by atoms with Crippen LogP contribution in [0.2, 0.25) is 0 Å². The van der Waals surface area contributed by atoms with E-state index in [1.165, 1.54) is 52.4 Å². The van der Waals surface area contributed by atoms with Crippen molar-refractivity contribution in [2.75, 3.05) is 26.7 Å². The Morgan fingerprint density at radius 1 is 1.19 bits per heavy atom. The molecule has 0 bridgehead atoms. The van der Waals surface area contributed by atoms with Gasteiger partial charge >= 0.3 is 5.97 Å². The summed E-state index contributed by atoms with van der Waals surface area (Å²) in [6.45, 7) is 9.76. The SMILES string of the molecule is COC(=O)C(C)(CCCCN1CCCCCC1)NC(C)C. The molecule has 0 spiro atoms. The zero-order chi connectivity index (χ0) is 15.7. The fraction of sp³-hybridized carbons (Fsp3) is 0.941. The molecule has 1 rings (SSSR count). The van der Waals surface area contributed by atoms with Crippen molar-refractivity contribution in [1.82, 2.24) is 10.2 Å². The van der Waals surface area contributed by atoms with Crippen molar-refractivity contribution in [3.63, 3.8) is 0 Å². The molecule has 1 aliphatic heterocycles. The van der Waals surface area contributed by atoms with E-state index in [1.807, 2.05) is 6.92 Å². The highest BCUT2D eigenvalue weighted by atomic mass is 16.5. The quantitative estimate of drug-likeness (QED) is 0.552. The summed E-state index contributed by atoms with van der Waals surface area (Å²) in [6, 6.07) is 0.278. The number of hydrogen-bond donors (Lipinski definition) is 1. The Morgan fingerprint density at radius 2 is 1.81 bits per heavy atom. The first-order valence-electron chi connectivity index (χ1n) is 8.56. The van der Waals surface area contributed by atoms with E-state index >= 15 is 0 Å². The molecule has 1 N–H and O–H groups in total. The van der Waals surface area contributed by atoms with Gasteiger partial charge in [0.1, 0.15) is 5.54 Å². The Labute approximate surface area is 130 Å². The van der Waals surface area contributed by atoms with Gasteiger partial charge in [-0.2, -0.15) is 0 Å². The maximum atomic E-state index is 12.0. The Balaban J connectivity index is 2.33. The molecule has 0 aromatic carbocycles. The molecule has 1 atom stereocenters. The monoisotopic (exact) mass is 298 g/mol. The Hall–Kier alpha value is -0.610. The molecule has 0 amide bonds. The van der Waals surface area contributed by atoms with Gasteiger partial charge < -0.3 is 9.64 Å². The van der Waals surface area contributed by atoms with E-state index in [9.17, 15) is 4.79 Å². The van der Waals surface area contributed by atoms with E-state index in [0.29, 0.717) is 0 Å². The number of esters is 1. The standard InChI is InChI=1S/C17H34N2O2/c1-15(2)18-17(3,16(20)21-4)11-7-10-14-19-12-8-5-6-9-13-19/h15,18H,5-14H2,1-4H3. The highest BCUT2D eigenvalue weighted by Gasteiger charge is 2.34. The number of rotatable bonds is 8. The van der Waals surface area contributed by atoms with Crippen LogP contribution >= 0.6 is 0 Å². The van der Waals surface area contributed by atoms with E-state index in [1.54, 1.807) is 0 Å². The lowest BCUT2D eigenvalue weighted by Gasteiger charge is -2.30. The van der Waals surface area contributed by atoms with Crippen molar-refractivity contribution in [3.8, 4) is 0 Å². The second-order valence-corrected chi connectivity index (χ2v) is 6.84. The molecule has 1 fully saturated rings. The number of carbonyl (C=O) groups is 1. The van der Waals surface area contributed by atoms with Crippen LogP contribution in [-0.2, 0) is 9.53 Å². The van der Waals surface area contributed by atoms with Gasteiger partial charge in [-0.3, -0.25) is 10.1 Å². The first-order valence-corrected chi connectivity index (χ1v) is 8.56. The fourth-order valence-corrected chi connectivity index (χ4v) is 3.27. The third-order valence-corrected chi connectivity index (χ3v) is 4.34. The predicted molar refractivity (Wildman–Crippen MR) is 87.5 cm³/mol. The topological polar surface area (TPSA) is 41.6 Å². The maximum absolute atomic E-state index is 12.0. The van der Waals surface area contributed by atoms with Crippen molar-refractivity contribution in [2.24, 2.45) is 0 Å². The number of hydrogen-bond acceptors (Lipinski definition) is 4. The molecule has 21 heavy (non-hydrogen) atoms. The lowest BCUT2D eigenvalue weighted by atomic mass is 9.93. The first-order chi connectivity index (χ1) is 9.98. The number of ether oxygens (including phenoxy) is 1. The van der Waals surface area contributed by atoms with E-state index in [4.69, 9.17) is 4.74 Å². The van der Waals surface area contributed by atoms with Gasteiger partial charge in [-0.25, -0.2) is 0 Å². The average molecular weight is 298 g/mol. The molecule has 1 unspecified atom stereocenters. The smallest absolute Gasteiger partial charge is 0.325 e. The summed E-state index contributed by atoms with van der Waals surface area (Å²) in [4.78, 5) is 14.6. The van der Waals surface area contributed by atoms with Gasteiger partial charge in [0, 0.05) is 6.04 Å². The Kier molecular flexibility index (Phi) is 8.27. The van der Waals surface area contributed by atoms with Crippen LogP contribution in [-0.4, -0.2) is 49.2 Å². The molecule has 0 aromatic heterocycles. The van der Waals surface area contributed by atoms with Crippen LogP contribution in [0.1, 0.15) is 65.7 Å². The summed E-state index contributed by atoms with van der Waals surface area (Å²) in [5.41, 5.74) is -0.554. The van der Waals surface area contributed by atoms with Crippen LogP contribution < -0.4 is 5.32 Å². The zero-order valence-corrected chi connectivity index (χ0v) is 14.4. The number of nitrogens with one attached hydrogen (secondary N) is 1. The van der Waals surface area contributed by atoms with Gasteiger partial charge in [0.25, 0.3) is 0 Å². The summed E-state index contributed by atoms with van der Waals surface area (Å²) >= 11 is 0. The van der Waals surface area contributed by atoms with Crippen LogP contribution in [0.4, 0.5) is 0 Å². The minimum absolute atomic E-state index is 0.147. The van der Waals surface area contributed by atoms with Crippen LogP contribution in [0.25, 0.3) is 0 Å². The van der Waals surface area contributed by atoms with Crippen LogP contribution in [0, 0.1) is 0 Å². The zero-order valence-electron chi connectivity index (χ0n) is 14.4. The maximum Gasteiger partial charge on any atom is 0.325 e. The number of methoxy groups -OCH3 is 1. The summed E-state index contributed by atoms with van der Waals surface area (Å²) in [5.74, 6) is -0.147. The second-order valence-electron chi connectivity index (χ2n) is 6.84. The van der Waals surface area contributed by atoms with Crippen molar-refractivity contribution in [2.45, 2.75) is 77.3 Å². The van der Waals surface area contributed by atoms with E-state index in [2.05, 4.69) is 24.1 Å². The number of carbonyl (C=O) groups excluding carboxylic acids is 1. The fourth-order valence-electron chi connectivity index (χ4n) is 3.27. The highest BCUT2D eigenvalue weighted by Crippen LogP contribution is 2.18. The molecule has 0 saturated carbocycles. The summed E-state index contributed by atoms with van der Waals surface area (Å²) in [7, 11) is 1.47. The lowest BCUT2D eigenvalue weighted by molar-refractivity contribution is -0.148. The van der Waals surface area contributed by atoms with Crippen molar-refractivity contribution >= 4 is 5.97 Å². The highest BCUT2D eigenvalue weighted by molar-refractivity contribution is 5.80. The van der Waals surface area contributed by atoms with Gasteiger partial charge in [0.2, 0.25) is 0 Å². The van der Waals surface area contributed by atoms with Gasteiger partial charge in [-0.15, -0.1) is 0 Å². The molecule has 4 nitrogen and oxygen atoms in total. The van der Waals surface area contributed by atoms with Gasteiger partial charge in [-0.05, 0) is 72.5 Å². The first kappa shape index (κ1) is 18.4. The third-order valence-electron chi connectivity index (χ3n) is 4.34. The van der Waals surface area contributed by atoms with E-state index in [-0.39, 0.29) is 12.0 Å². The summed E-state index contributed by atoms with van der Waals surface area (Å²) in [6.07, 6.45) is 8.51. The average Bonchev–Trinajstić information content (AvgIpc) is 2.70. The van der Waals surface area contributed by atoms with Crippen LogP contribution in [0.15, 0.2) is 0 Å². The number of nitrogens with zero attached hydrogens (tertiary/aromatic N) is 1. The van der Waals surface area contributed by atoms with Gasteiger partial charge in [0.05, 0.1) is 7.11 Å². The minimum atomic E-state index is -0.554. The molecule has 0 aromatic rings. The van der Waals surface area contributed by atoms with Crippen molar-refractivity contribution in [3.05, 3.63) is 0 Å². The number of unbranched alkanes of at least 4 members (excludes halogenated alkanes) is 1.